The quantitative estimate of drug-likeness (QED) is 0.681. The molecule has 0 unspecified atom stereocenters. The molecule has 0 radical (unpaired) electrons. The van der Waals surface area contributed by atoms with E-state index in [1.165, 1.54) is 11.3 Å². The maximum Gasteiger partial charge on any atom is 0.264 e. The first-order valence-corrected chi connectivity index (χ1v) is 6.00. The van der Waals surface area contributed by atoms with Crippen molar-refractivity contribution >= 4 is 21.5 Å². The third-order valence-electron chi connectivity index (χ3n) is 1.10. The SMILES string of the molecule is CS(=O)(=O)OCCc1nccs1. The minimum absolute atomic E-state index is 0.173. The van der Waals surface area contributed by atoms with Crippen LogP contribution in [0.4, 0.5) is 0 Å². The van der Waals surface area contributed by atoms with Crippen molar-refractivity contribution in [3.63, 3.8) is 0 Å². The molecule has 0 bridgehead atoms. The molecule has 0 aliphatic carbocycles. The highest BCUT2D eigenvalue weighted by molar-refractivity contribution is 7.85. The van der Waals surface area contributed by atoms with Gasteiger partial charge < -0.3 is 0 Å². The third-order valence-corrected chi connectivity index (χ3v) is 2.53. The fourth-order valence-electron chi connectivity index (χ4n) is 0.657. The zero-order valence-electron chi connectivity index (χ0n) is 6.56. The molecule has 0 aliphatic heterocycles. The Morgan fingerprint density at radius 2 is 2.42 bits per heavy atom. The highest BCUT2D eigenvalue weighted by Crippen LogP contribution is 2.04. The van der Waals surface area contributed by atoms with E-state index < -0.39 is 10.1 Å². The molecule has 0 saturated carbocycles. The molecule has 68 valence electrons. The van der Waals surface area contributed by atoms with Crippen LogP contribution < -0.4 is 0 Å². The molecule has 0 spiro atoms. The molecular formula is C6H9NO3S2. The highest BCUT2D eigenvalue weighted by Gasteiger charge is 2.02. The fourth-order valence-corrected chi connectivity index (χ4v) is 1.64. The first-order valence-electron chi connectivity index (χ1n) is 3.31. The van der Waals surface area contributed by atoms with E-state index in [4.69, 9.17) is 0 Å². The predicted molar refractivity (Wildman–Crippen MR) is 46.6 cm³/mol. The van der Waals surface area contributed by atoms with E-state index >= 15 is 0 Å². The standard InChI is InChI=1S/C6H9NO3S2/c1-12(8,9)10-4-2-6-7-3-5-11-6/h3,5H,2,4H2,1H3. The van der Waals surface area contributed by atoms with E-state index in [1.807, 2.05) is 5.38 Å². The van der Waals surface area contributed by atoms with Crippen LogP contribution in [0.25, 0.3) is 0 Å². The minimum atomic E-state index is -3.30. The van der Waals surface area contributed by atoms with Gasteiger partial charge >= 0.3 is 0 Å². The van der Waals surface area contributed by atoms with Gasteiger partial charge in [-0.15, -0.1) is 11.3 Å². The predicted octanol–water partition coefficient (Wildman–Crippen LogP) is 0.662. The molecule has 1 rings (SSSR count). The first kappa shape index (κ1) is 9.63. The van der Waals surface area contributed by atoms with Gasteiger partial charge in [0.05, 0.1) is 17.9 Å². The summed E-state index contributed by atoms with van der Waals surface area (Å²) in [5.41, 5.74) is 0. The van der Waals surface area contributed by atoms with Crippen molar-refractivity contribution < 1.29 is 12.6 Å². The smallest absolute Gasteiger partial charge is 0.264 e. The molecule has 6 heteroatoms. The monoisotopic (exact) mass is 207 g/mol. The van der Waals surface area contributed by atoms with Crippen molar-refractivity contribution in [2.45, 2.75) is 6.42 Å². The Balaban J connectivity index is 2.29. The van der Waals surface area contributed by atoms with Crippen LogP contribution in [-0.2, 0) is 20.7 Å². The van der Waals surface area contributed by atoms with Crippen LogP contribution in [0, 0.1) is 0 Å². The van der Waals surface area contributed by atoms with Gasteiger partial charge in [0.25, 0.3) is 10.1 Å². The summed E-state index contributed by atoms with van der Waals surface area (Å²) in [5, 5.41) is 2.73. The Bertz CT molecular complexity index is 317. The Morgan fingerprint density at radius 3 is 2.92 bits per heavy atom. The molecule has 0 aromatic carbocycles. The molecule has 1 aromatic rings. The summed E-state index contributed by atoms with van der Waals surface area (Å²) in [5.74, 6) is 0. The molecule has 0 N–H and O–H groups in total. The molecule has 0 atom stereocenters. The van der Waals surface area contributed by atoms with Gasteiger partial charge in [-0.2, -0.15) is 8.42 Å². The van der Waals surface area contributed by atoms with Crippen molar-refractivity contribution in [1.82, 2.24) is 4.98 Å². The topological polar surface area (TPSA) is 56.3 Å². The first-order chi connectivity index (χ1) is 5.58. The normalized spacial score (nSPS) is 11.8. The second kappa shape index (κ2) is 3.97. The summed E-state index contributed by atoms with van der Waals surface area (Å²) in [7, 11) is -3.30. The van der Waals surface area contributed by atoms with Crippen LogP contribution in [0.3, 0.4) is 0 Å². The molecule has 0 aliphatic rings. The van der Waals surface area contributed by atoms with Gasteiger partial charge in [0.2, 0.25) is 0 Å². The number of rotatable bonds is 4. The van der Waals surface area contributed by atoms with Gasteiger partial charge in [-0.05, 0) is 0 Å². The average Bonchev–Trinajstić information content (AvgIpc) is 2.36. The summed E-state index contributed by atoms with van der Waals surface area (Å²) in [4.78, 5) is 3.98. The summed E-state index contributed by atoms with van der Waals surface area (Å²) in [6.45, 7) is 0.173. The summed E-state index contributed by atoms with van der Waals surface area (Å²) in [6.07, 6.45) is 3.26. The van der Waals surface area contributed by atoms with Gasteiger partial charge in [-0.25, -0.2) is 4.98 Å². The van der Waals surface area contributed by atoms with Crippen LogP contribution in [-0.4, -0.2) is 26.3 Å². The Hall–Kier alpha value is -0.460. The number of nitrogens with zero attached hydrogens (tertiary/aromatic N) is 1. The third kappa shape index (κ3) is 3.80. The lowest BCUT2D eigenvalue weighted by molar-refractivity contribution is 0.326. The van der Waals surface area contributed by atoms with E-state index in [0.717, 1.165) is 11.3 Å². The van der Waals surface area contributed by atoms with Crippen LogP contribution in [0.2, 0.25) is 0 Å². The lowest BCUT2D eigenvalue weighted by atomic mass is 10.5. The molecule has 0 amide bonds. The zero-order chi connectivity index (χ0) is 9.03. The Morgan fingerprint density at radius 1 is 1.67 bits per heavy atom. The van der Waals surface area contributed by atoms with Crippen molar-refractivity contribution in [3.05, 3.63) is 16.6 Å². The van der Waals surface area contributed by atoms with Gasteiger partial charge in [0, 0.05) is 18.0 Å². The van der Waals surface area contributed by atoms with E-state index in [2.05, 4.69) is 9.17 Å². The zero-order valence-corrected chi connectivity index (χ0v) is 8.19. The summed E-state index contributed by atoms with van der Waals surface area (Å²) >= 11 is 1.49. The fraction of sp³-hybridized carbons (Fsp3) is 0.500. The maximum absolute atomic E-state index is 10.5. The van der Waals surface area contributed by atoms with E-state index in [0.29, 0.717) is 6.42 Å². The summed E-state index contributed by atoms with van der Waals surface area (Å²) in [6, 6.07) is 0. The molecule has 4 nitrogen and oxygen atoms in total. The number of hydrogen-bond donors (Lipinski definition) is 0. The van der Waals surface area contributed by atoms with Gasteiger partial charge in [0.1, 0.15) is 0 Å². The van der Waals surface area contributed by atoms with E-state index in [9.17, 15) is 8.42 Å². The van der Waals surface area contributed by atoms with Crippen molar-refractivity contribution in [2.24, 2.45) is 0 Å². The lowest BCUT2D eigenvalue weighted by Crippen LogP contribution is -2.05. The van der Waals surface area contributed by atoms with Crippen LogP contribution in [0.1, 0.15) is 5.01 Å². The Kier molecular flexibility index (Phi) is 3.19. The van der Waals surface area contributed by atoms with Crippen molar-refractivity contribution in [3.8, 4) is 0 Å². The molecular weight excluding hydrogens is 198 g/mol. The molecule has 0 fully saturated rings. The second-order valence-corrected chi connectivity index (χ2v) is 4.83. The van der Waals surface area contributed by atoms with Crippen LogP contribution in [0.15, 0.2) is 11.6 Å². The van der Waals surface area contributed by atoms with Crippen LogP contribution >= 0.6 is 11.3 Å². The molecule has 1 heterocycles. The number of thiazole rings is 1. The van der Waals surface area contributed by atoms with Gasteiger partial charge in [-0.3, -0.25) is 4.18 Å². The maximum atomic E-state index is 10.5. The highest BCUT2D eigenvalue weighted by atomic mass is 32.2. The second-order valence-electron chi connectivity index (χ2n) is 2.20. The van der Waals surface area contributed by atoms with Gasteiger partial charge in [0.15, 0.2) is 0 Å². The molecule has 1 aromatic heterocycles. The largest absolute Gasteiger partial charge is 0.270 e. The summed E-state index contributed by atoms with van der Waals surface area (Å²) < 4.78 is 25.6. The number of aromatic nitrogens is 1. The average molecular weight is 207 g/mol. The molecule has 0 saturated heterocycles. The number of hydrogen-bond acceptors (Lipinski definition) is 5. The van der Waals surface area contributed by atoms with Gasteiger partial charge in [-0.1, -0.05) is 0 Å². The van der Waals surface area contributed by atoms with E-state index in [1.54, 1.807) is 6.20 Å². The minimum Gasteiger partial charge on any atom is -0.270 e. The molecule has 12 heavy (non-hydrogen) atoms. The Labute approximate surface area is 75.3 Å². The van der Waals surface area contributed by atoms with E-state index in [-0.39, 0.29) is 6.61 Å². The van der Waals surface area contributed by atoms with Crippen molar-refractivity contribution in [1.29, 1.82) is 0 Å². The van der Waals surface area contributed by atoms with Crippen LogP contribution in [0.5, 0.6) is 0 Å². The lowest BCUT2D eigenvalue weighted by Gasteiger charge is -1.97. The van der Waals surface area contributed by atoms with Crippen molar-refractivity contribution in [2.75, 3.05) is 12.9 Å².